The van der Waals surface area contributed by atoms with E-state index >= 15 is 0 Å². The van der Waals surface area contributed by atoms with Gasteiger partial charge in [0.05, 0.1) is 12.7 Å². The molecule has 0 spiro atoms. The summed E-state index contributed by atoms with van der Waals surface area (Å²) >= 11 is 1.41. The second kappa shape index (κ2) is 5.05. The first-order valence-corrected chi connectivity index (χ1v) is 6.09. The lowest BCUT2D eigenvalue weighted by molar-refractivity contribution is 0.102. The van der Waals surface area contributed by atoms with Crippen LogP contribution in [0.15, 0.2) is 24.4 Å². The van der Waals surface area contributed by atoms with Crippen molar-refractivity contribution in [2.75, 3.05) is 18.2 Å². The Kier molecular flexibility index (Phi) is 3.47. The van der Waals surface area contributed by atoms with Crippen LogP contribution < -0.4 is 15.8 Å². The van der Waals surface area contributed by atoms with Crippen molar-refractivity contribution >= 4 is 28.1 Å². The number of carbonyl (C=O) groups is 1. The van der Waals surface area contributed by atoms with Gasteiger partial charge < -0.3 is 10.5 Å². The zero-order valence-corrected chi connectivity index (χ0v) is 10.9. The van der Waals surface area contributed by atoms with E-state index in [9.17, 15) is 4.79 Å². The number of hydrogen-bond donors (Lipinski definition) is 2. The van der Waals surface area contributed by atoms with Crippen molar-refractivity contribution in [2.45, 2.75) is 6.92 Å². The number of nitrogen functional groups attached to an aromatic ring is 1. The Labute approximate surface area is 109 Å². The molecule has 0 saturated heterocycles. The Balaban J connectivity index is 2.25. The van der Waals surface area contributed by atoms with E-state index in [2.05, 4.69) is 10.3 Å². The molecule has 0 aliphatic rings. The summed E-state index contributed by atoms with van der Waals surface area (Å²) in [5.74, 6) is 0.198. The molecule has 2 rings (SSSR count). The molecule has 1 aromatic carbocycles. The van der Waals surface area contributed by atoms with Crippen molar-refractivity contribution in [1.29, 1.82) is 0 Å². The van der Waals surface area contributed by atoms with Crippen molar-refractivity contribution in [3.8, 4) is 5.75 Å². The third-order valence-electron chi connectivity index (χ3n) is 2.31. The Morgan fingerprint density at radius 1 is 1.50 bits per heavy atom. The molecule has 0 saturated carbocycles. The van der Waals surface area contributed by atoms with Crippen LogP contribution in [-0.2, 0) is 0 Å². The number of thiazole rings is 1. The lowest BCUT2D eigenvalue weighted by Gasteiger charge is -2.08. The Morgan fingerprint density at radius 2 is 2.28 bits per heavy atom. The fraction of sp³-hybridized carbons (Fsp3) is 0.167. The van der Waals surface area contributed by atoms with Crippen molar-refractivity contribution < 1.29 is 9.53 Å². The molecule has 1 aromatic heterocycles. The van der Waals surface area contributed by atoms with Crippen LogP contribution >= 0.6 is 11.3 Å². The zero-order valence-electron chi connectivity index (χ0n) is 10.1. The molecule has 0 fully saturated rings. The van der Waals surface area contributed by atoms with E-state index < -0.39 is 0 Å². The predicted octanol–water partition coefficient (Wildman–Crippen LogP) is 2.29. The van der Waals surface area contributed by atoms with Crippen LogP contribution in [0.2, 0.25) is 0 Å². The van der Waals surface area contributed by atoms with Crippen LogP contribution in [0.1, 0.15) is 15.2 Å². The summed E-state index contributed by atoms with van der Waals surface area (Å²) in [5.41, 5.74) is 6.57. The monoisotopic (exact) mass is 263 g/mol. The maximum absolute atomic E-state index is 12.1. The van der Waals surface area contributed by atoms with Crippen molar-refractivity contribution in [3.05, 3.63) is 34.8 Å². The lowest BCUT2D eigenvalue weighted by atomic mass is 10.1. The van der Waals surface area contributed by atoms with E-state index in [0.717, 1.165) is 4.88 Å². The number of nitrogens with one attached hydrogen (secondary N) is 1. The van der Waals surface area contributed by atoms with E-state index in [1.54, 1.807) is 24.4 Å². The largest absolute Gasteiger partial charge is 0.496 e. The van der Waals surface area contributed by atoms with E-state index in [1.165, 1.54) is 18.4 Å². The van der Waals surface area contributed by atoms with Gasteiger partial charge in [-0.15, -0.1) is 11.3 Å². The highest BCUT2D eigenvalue weighted by Gasteiger charge is 2.14. The maximum Gasteiger partial charge on any atom is 0.261 e. The Morgan fingerprint density at radius 3 is 2.89 bits per heavy atom. The summed E-state index contributed by atoms with van der Waals surface area (Å²) < 4.78 is 5.13. The number of amides is 1. The van der Waals surface area contributed by atoms with Crippen LogP contribution in [0.25, 0.3) is 0 Å². The number of anilines is 2. The first kappa shape index (κ1) is 12.4. The average molecular weight is 263 g/mol. The first-order valence-electron chi connectivity index (χ1n) is 5.27. The molecule has 0 aliphatic carbocycles. The standard InChI is InChI=1S/C12H13N3O2S/c1-7-6-14-12(18-7)15-11(16)9-5-8(13)3-4-10(9)17-2/h3-6H,13H2,1-2H3,(H,14,15,16). The minimum absolute atomic E-state index is 0.284. The number of carbonyl (C=O) groups excluding carboxylic acids is 1. The van der Waals surface area contributed by atoms with Gasteiger partial charge >= 0.3 is 0 Å². The molecule has 18 heavy (non-hydrogen) atoms. The van der Waals surface area contributed by atoms with Gasteiger partial charge in [-0.1, -0.05) is 0 Å². The minimum Gasteiger partial charge on any atom is -0.496 e. The van der Waals surface area contributed by atoms with Gasteiger partial charge in [0.25, 0.3) is 5.91 Å². The Bertz CT molecular complexity index is 580. The average Bonchev–Trinajstić information content (AvgIpc) is 2.74. The quantitative estimate of drug-likeness (QED) is 0.833. The van der Waals surface area contributed by atoms with Crippen LogP contribution in [0.5, 0.6) is 5.75 Å². The fourth-order valence-electron chi connectivity index (χ4n) is 1.48. The predicted molar refractivity (Wildman–Crippen MR) is 72.2 cm³/mol. The molecule has 1 amide bonds. The molecular weight excluding hydrogens is 250 g/mol. The van der Waals surface area contributed by atoms with Gasteiger partial charge in [0.15, 0.2) is 5.13 Å². The van der Waals surface area contributed by atoms with Crippen LogP contribution in [0.4, 0.5) is 10.8 Å². The number of benzene rings is 1. The van der Waals surface area contributed by atoms with Crippen LogP contribution in [-0.4, -0.2) is 18.0 Å². The normalized spacial score (nSPS) is 10.1. The number of aryl methyl sites for hydroxylation is 1. The first-order chi connectivity index (χ1) is 8.60. The van der Waals surface area contributed by atoms with E-state index in [-0.39, 0.29) is 5.91 Å². The van der Waals surface area contributed by atoms with E-state index in [4.69, 9.17) is 10.5 Å². The molecule has 0 unspecified atom stereocenters. The summed E-state index contributed by atoms with van der Waals surface area (Å²) in [6.07, 6.45) is 1.71. The van der Waals surface area contributed by atoms with Gasteiger partial charge in [-0.2, -0.15) is 0 Å². The van der Waals surface area contributed by atoms with Crippen molar-refractivity contribution in [2.24, 2.45) is 0 Å². The molecule has 3 N–H and O–H groups in total. The highest BCUT2D eigenvalue weighted by Crippen LogP contribution is 2.23. The molecular formula is C12H13N3O2S. The number of methoxy groups -OCH3 is 1. The van der Waals surface area contributed by atoms with Crippen molar-refractivity contribution in [1.82, 2.24) is 4.98 Å². The van der Waals surface area contributed by atoms with E-state index in [0.29, 0.717) is 22.1 Å². The smallest absolute Gasteiger partial charge is 0.261 e. The van der Waals surface area contributed by atoms with Gasteiger partial charge in [-0.3, -0.25) is 10.1 Å². The second-order valence-electron chi connectivity index (χ2n) is 3.69. The number of nitrogens with zero attached hydrogens (tertiary/aromatic N) is 1. The summed E-state index contributed by atoms with van der Waals surface area (Å²) in [5, 5.41) is 3.27. The molecule has 0 aliphatic heterocycles. The van der Waals surface area contributed by atoms with Crippen LogP contribution in [0, 0.1) is 6.92 Å². The number of hydrogen-bond acceptors (Lipinski definition) is 5. The maximum atomic E-state index is 12.1. The van der Waals surface area contributed by atoms with Gasteiger partial charge in [-0.25, -0.2) is 4.98 Å². The van der Waals surface area contributed by atoms with Gasteiger partial charge in [0, 0.05) is 16.8 Å². The topological polar surface area (TPSA) is 77.2 Å². The molecule has 2 aromatic rings. The molecule has 94 valence electrons. The summed E-state index contributed by atoms with van der Waals surface area (Å²) in [6, 6.07) is 4.93. The molecule has 0 radical (unpaired) electrons. The van der Waals surface area contributed by atoms with Gasteiger partial charge in [-0.05, 0) is 25.1 Å². The second-order valence-corrected chi connectivity index (χ2v) is 4.92. The Hall–Kier alpha value is -2.08. The molecule has 0 bridgehead atoms. The lowest BCUT2D eigenvalue weighted by Crippen LogP contribution is -2.13. The third-order valence-corrected chi connectivity index (χ3v) is 3.14. The van der Waals surface area contributed by atoms with Gasteiger partial charge in [0.1, 0.15) is 5.75 Å². The summed E-state index contributed by atoms with van der Waals surface area (Å²) in [6.45, 7) is 1.93. The number of ether oxygens (including phenoxy) is 1. The van der Waals surface area contributed by atoms with Crippen molar-refractivity contribution in [3.63, 3.8) is 0 Å². The highest BCUT2D eigenvalue weighted by molar-refractivity contribution is 7.15. The molecule has 6 heteroatoms. The van der Waals surface area contributed by atoms with Crippen LogP contribution in [0.3, 0.4) is 0 Å². The molecule has 0 atom stereocenters. The zero-order chi connectivity index (χ0) is 13.1. The highest BCUT2D eigenvalue weighted by atomic mass is 32.1. The third kappa shape index (κ3) is 2.60. The number of rotatable bonds is 3. The number of aromatic nitrogens is 1. The number of nitrogens with two attached hydrogens (primary N) is 1. The minimum atomic E-state index is -0.284. The fourth-order valence-corrected chi connectivity index (χ4v) is 2.14. The summed E-state index contributed by atoms with van der Waals surface area (Å²) in [7, 11) is 1.51. The van der Waals surface area contributed by atoms with Gasteiger partial charge in [0.2, 0.25) is 0 Å². The molecule has 1 heterocycles. The van der Waals surface area contributed by atoms with E-state index in [1.807, 2.05) is 6.92 Å². The SMILES string of the molecule is COc1ccc(N)cc1C(=O)Nc1ncc(C)s1. The molecule has 5 nitrogen and oxygen atoms in total. The summed E-state index contributed by atoms with van der Waals surface area (Å²) in [4.78, 5) is 17.2.